The maximum atomic E-state index is 13.0. The number of nitrogens with one attached hydrogen (secondary N) is 1. The third-order valence-corrected chi connectivity index (χ3v) is 9.40. The molecule has 0 heterocycles. The molecular weight excluding hydrogens is 407 g/mol. The van der Waals surface area contributed by atoms with E-state index in [1.807, 2.05) is 48.6 Å². The van der Waals surface area contributed by atoms with Gasteiger partial charge in [0.2, 0.25) is 5.91 Å². The van der Waals surface area contributed by atoms with Crippen LogP contribution in [0.25, 0.3) is 0 Å². The summed E-state index contributed by atoms with van der Waals surface area (Å²) >= 11 is 15.9. The number of hydrogen-bond donors (Lipinski definition) is 1. The second kappa shape index (κ2) is 9.92. The number of carbonyl (C=O) groups excluding carboxylic acids is 1. The van der Waals surface area contributed by atoms with Crippen molar-refractivity contribution in [3.05, 3.63) is 33.8 Å². The van der Waals surface area contributed by atoms with Gasteiger partial charge in [0, 0.05) is 13.1 Å². The van der Waals surface area contributed by atoms with Gasteiger partial charge in [0.05, 0.1) is 26.6 Å². The first-order valence-electron chi connectivity index (χ1n) is 8.85. The SMILES string of the molecule is CNC1C(N(C)C(=O)Cc2ccc(Cl)c(Cl)c2)CCCCC1(SC)SC. The van der Waals surface area contributed by atoms with Crippen molar-refractivity contribution in [1.29, 1.82) is 0 Å². The fourth-order valence-electron chi connectivity index (χ4n) is 3.84. The van der Waals surface area contributed by atoms with Gasteiger partial charge in [-0.3, -0.25) is 4.79 Å². The van der Waals surface area contributed by atoms with Gasteiger partial charge in [-0.25, -0.2) is 0 Å². The maximum absolute atomic E-state index is 13.0. The zero-order chi connectivity index (χ0) is 19.3. The normalized spacial score (nSPS) is 22.7. The monoisotopic (exact) mass is 434 g/mol. The summed E-state index contributed by atoms with van der Waals surface area (Å²) in [7, 11) is 3.95. The van der Waals surface area contributed by atoms with Gasteiger partial charge in [-0.1, -0.05) is 42.1 Å². The summed E-state index contributed by atoms with van der Waals surface area (Å²) < 4.78 is 0.0913. The molecule has 1 saturated carbocycles. The van der Waals surface area contributed by atoms with Crippen molar-refractivity contribution < 1.29 is 4.79 Å². The maximum Gasteiger partial charge on any atom is 0.227 e. The lowest BCUT2D eigenvalue weighted by Crippen LogP contribution is -2.57. The zero-order valence-corrected chi connectivity index (χ0v) is 19.0. The van der Waals surface area contributed by atoms with Gasteiger partial charge in [-0.05, 0) is 50.1 Å². The van der Waals surface area contributed by atoms with Gasteiger partial charge in [-0.15, -0.1) is 23.5 Å². The highest BCUT2D eigenvalue weighted by Crippen LogP contribution is 2.46. The van der Waals surface area contributed by atoms with E-state index < -0.39 is 0 Å². The van der Waals surface area contributed by atoms with E-state index in [9.17, 15) is 4.79 Å². The lowest BCUT2D eigenvalue weighted by atomic mass is 10.00. The van der Waals surface area contributed by atoms with E-state index in [0.29, 0.717) is 16.5 Å². The quantitative estimate of drug-likeness (QED) is 0.506. The van der Waals surface area contributed by atoms with Crippen LogP contribution >= 0.6 is 46.7 Å². The highest BCUT2D eigenvalue weighted by molar-refractivity contribution is 8.17. The fraction of sp³-hybridized carbons (Fsp3) is 0.632. The number of halogens is 2. The summed E-state index contributed by atoms with van der Waals surface area (Å²) in [5.74, 6) is 0.117. The molecule has 7 heteroatoms. The van der Waals surface area contributed by atoms with E-state index in [1.54, 1.807) is 12.1 Å². The Morgan fingerprint density at radius 2 is 1.96 bits per heavy atom. The number of thioether (sulfide) groups is 2. The Bertz CT molecular complexity index is 626. The van der Waals surface area contributed by atoms with Crippen molar-refractivity contribution in [3.8, 4) is 0 Å². The van der Waals surface area contributed by atoms with Crippen molar-refractivity contribution in [3.63, 3.8) is 0 Å². The van der Waals surface area contributed by atoms with Crippen LogP contribution in [0.1, 0.15) is 31.2 Å². The fourth-order valence-corrected chi connectivity index (χ4v) is 6.59. The molecular formula is C19H28Cl2N2OS2. The highest BCUT2D eigenvalue weighted by Gasteiger charge is 2.44. The Hall–Kier alpha value is -0.0700. The molecule has 0 bridgehead atoms. The Morgan fingerprint density at radius 1 is 1.27 bits per heavy atom. The zero-order valence-electron chi connectivity index (χ0n) is 15.9. The van der Waals surface area contributed by atoms with Crippen LogP contribution in [0.3, 0.4) is 0 Å². The molecule has 0 radical (unpaired) electrons. The summed E-state index contributed by atoms with van der Waals surface area (Å²) in [6.45, 7) is 0. The molecule has 1 amide bonds. The van der Waals surface area contributed by atoms with Gasteiger partial charge in [0.15, 0.2) is 0 Å². The van der Waals surface area contributed by atoms with Gasteiger partial charge >= 0.3 is 0 Å². The average molecular weight is 435 g/mol. The van der Waals surface area contributed by atoms with Crippen molar-refractivity contribution in [1.82, 2.24) is 10.2 Å². The minimum Gasteiger partial charge on any atom is -0.341 e. The van der Waals surface area contributed by atoms with E-state index >= 15 is 0 Å². The van der Waals surface area contributed by atoms with E-state index in [2.05, 4.69) is 17.8 Å². The molecule has 146 valence electrons. The molecule has 1 aliphatic rings. The largest absolute Gasteiger partial charge is 0.341 e. The Kier molecular flexibility index (Phi) is 8.48. The van der Waals surface area contributed by atoms with Crippen LogP contribution in [-0.2, 0) is 11.2 Å². The molecule has 26 heavy (non-hydrogen) atoms. The molecule has 2 atom stereocenters. The third kappa shape index (κ3) is 4.85. The number of amides is 1. The molecule has 0 aliphatic heterocycles. The molecule has 1 aliphatic carbocycles. The lowest BCUT2D eigenvalue weighted by Gasteiger charge is -2.43. The number of nitrogens with zero attached hydrogens (tertiary/aromatic N) is 1. The van der Waals surface area contributed by atoms with Gasteiger partial charge < -0.3 is 10.2 Å². The highest BCUT2D eigenvalue weighted by atomic mass is 35.5. The average Bonchev–Trinajstić information content (AvgIpc) is 2.83. The molecule has 1 N–H and O–H groups in total. The van der Waals surface area contributed by atoms with Crippen molar-refractivity contribution in [2.24, 2.45) is 0 Å². The van der Waals surface area contributed by atoms with E-state index in [4.69, 9.17) is 23.2 Å². The predicted molar refractivity (Wildman–Crippen MR) is 118 cm³/mol. The second-order valence-electron chi connectivity index (χ2n) is 6.73. The second-order valence-corrected chi connectivity index (χ2v) is 10.1. The predicted octanol–water partition coefficient (Wildman–Crippen LogP) is 4.95. The van der Waals surface area contributed by atoms with E-state index in [0.717, 1.165) is 24.8 Å². The van der Waals surface area contributed by atoms with Crippen molar-refractivity contribution in [2.75, 3.05) is 26.6 Å². The number of likely N-dealkylation sites (N-methyl/N-ethyl adjacent to an activating group) is 2. The summed E-state index contributed by atoms with van der Waals surface area (Å²) in [5, 5.41) is 4.53. The minimum absolute atomic E-state index is 0.0913. The third-order valence-electron chi connectivity index (χ3n) is 5.37. The van der Waals surface area contributed by atoms with Crippen LogP contribution in [0.4, 0.5) is 0 Å². The van der Waals surface area contributed by atoms with Gasteiger partial charge in [0.25, 0.3) is 0 Å². The molecule has 1 aromatic rings. The van der Waals surface area contributed by atoms with Crippen LogP contribution in [0.2, 0.25) is 10.0 Å². The van der Waals surface area contributed by atoms with Crippen LogP contribution in [-0.4, -0.2) is 53.6 Å². The molecule has 1 fully saturated rings. The Balaban J connectivity index is 2.20. The van der Waals surface area contributed by atoms with E-state index in [1.165, 1.54) is 6.42 Å². The minimum atomic E-state index is 0.0913. The Labute approximate surface area is 175 Å². The van der Waals surface area contributed by atoms with Crippen LogP contribution in [0.15, 0.2) is 18.2 Å². The van der Waals surface area contributed by atoms with Crippen molar-refractivity contribution in [2.45, 2.75) is 48.3 Å². The number of hydrogen-bond acceptors (Lipinski definition) is 4. The summed E-state index contributed by atoms with van der Waals surface area (Å²) in [5.41, 5.74) is 0.895. The number of rotatable bonds is 6. The van der Waals surface area contributed by atoms with Crippen LogP contribution in [0.5, 0.6) is 0 Å². The Morgan fingerprint density at radius 3 is 2.54 bits per heavy atom. The molecule has 0 aromatic heterocycles. The number of carbonyl (C=O) groups is 1. The van der Waals surface area contributed by atoms with Crippen LogP contribution < -0.4 is 5.32 Å². The molecule has 3 nitrogen and oxygen atoms in total. The van der Waals surface area contributed by atoms with Gasteiger partial charge in [-0.2, -0.15) is 0 Å². The standard InChI is InChI=1S/C19H28Cl2N2OS2/c1-22-18-16(7-5-6-10-19(18,25-3)26-4)23(2)17(24)12-13-8-9-14(20)15(21)11-13/h8-9,11,16,18,22H,5-7,10,12H2,1-4H3. The summed E-state index contributed by atoms with van der Waals surface area (Å²) in [4.78, 5) is 14.9. The molecule has 0 spiro atoms. The van der Waals surface area contributed by atoms with E-state index in [-0.39, 0.29) is 22.1 Å². The summed E-state index contributed by atoms with van der Waals surface area (Å²) in [6, 6.07) is 5.83. The first kappa shape index (κ1) is 22.2. The smallest absolute Gasteiger partial charge is 0.227 e. The lowest BCUT2D eigenvalue weighted by molar-refractivity contribution is -0.132. The molecule has 2 unspecified atom stereocenters. The van der Waals surface area contributed by atoms with Gasteiger partial charge in [0.1, 0.15) is 0 Å². The van der Waals surface area contributed by atoms with Crippen LogP contribution in [0, 0.1) is 0 Å². The number of benzene rings is 1. The summed E-state index contributed by atoms with van der Waals surface area (Å²) in [6.07, 6.45) is 9.23. The topological polar surface area (TPSA) is 32.3 Å². The first-order valence-corrected chi connectivity index (χ1v) is 12.1. The molecule has 0 saturated heterocycles. The molecule has 2 rings (SSSR count). The first-order chi connectivity index (χ1) is 12.4. The molecule has 1 aromatic carbocycles. The van der Waals surface area contributed by atoms with Crippen molar-refractivity contribution >= 4 is 52.6 Å².